The van der Waals surface area contributed by atoms with Crippen LogP contribution in [0.4, 0.5) is 5.95 Å². The molecule has 0 aromatic carbocycles. The summed E-state index contributed by atoms with van der Waals surface area (Å²) in [5.74, 6) is 0.674. The van der Waals surface area contributed by atoms with Gasteiger partial charge in [-0.1, -0.05) is 0 Å². The molecule has 0 aliphatic rings. The SMILES string of the molecule is Cc1nc(NC(C)(C)C)ncc1Br. The number of aromatic nitrogens is 2. The molecular formula is C9H14BrN3. The number of rotatable bonds is 1. The lowest BCUT2D eigenvalue weighted by Gasteiger charge is -2.20. The summed E-state index contributed by atoms with van der Waals surface area (Å²) in [7, 11) is 0. The van der Waals surface area contributed by atoms with Gasteiger partial charge in [-0.2, -0.15) is 0 Å². The van der Waals surface area contributed by atoms with Crippen LogP contribution in [-0.2, 0) is 0 Å². The number of nitrogens with one attached hydrogen (secondary N) is 1. The second-order valence-corrected chi connectivity index (χ2v) is 4.86. The van der Waals surface area contributed by atoms with E-state index in [0.717, 1.165) is 10.2 Å². The minimum atomic E-state index is 0.000267. The van der Waals surface area contributed by atoms with Crippen LogP contribution in [0.25, 0.3) is 0 Å². The van der Waals surface area contributed by atoms with Crippen molar-refractivity contribution in [3.05, 3.63) is 16.4 Å². The van der Waals surface area contributed by atoms with E-state index in [1.807, 2.05) is 6.92 Å². The van der Waals surface area contributed by atoms with Crippen molar-refractivity contribution >= 4 is 21.9 Å². The summed E-state index contributed by atoms with van der Waals surface area (Å²) in [5, 5.41) is 3.21. The van der Waals surface area contributed by atoms with Gasteiger partial charge in [0.15, 0.2) is 0 Å². The molecule has 0 radical (unpaired) electrons. The minimum absolute atomic E-state index is 0.000267. The second-order valence-electron chi connectivity index (χ2n) is 4.00. The molecule has 0 amide bonds. The first-order chi connectivity index (χ1) is 5.88. The summed E-state index contributed by atoms with van der Waals surface area (Å²) in [6.45, 7) is 8.18. The van der Waals surface area contributed by atoms with Crippen molar-refractivity contribution in [3.63, 3.8) is 0 Å². The molecule has 1 rings (SSSR count). The van der Waals surface area contributed by atoms with E-state index in [-0.39, 0.29) is 5.54 Å². The molecule has 4 heteroatoms. The van der Waals surface area contributed by atoms with Gasteiger partial charge in [-0.3, -0.25) is 0 Å². The molecule has 1 aromatic heterocycles. The van der Waals surface area contributed by atoms with Crippen molar-refractivity contribution in [2.75, 3.05) is 5.32 Å². The van der Waals surface area contributed by atoms with Gasteiger partial charge in [0.05, 0.1) is 10.2 Å². The molecule has 1 N–H and O–H groups in total. The third kappa shape index (κ3) is 3.30. The predicted molar refractivity (Wildman–Crippen MR) is 57.8 cm³/mol. The Bertz CT molecular complexity index is 304. The normalized spacial score (nSPS) is 11.5. The van der Waals surface area contributed by atoms with Crippen molar-refractivity contribution in [1.82, 2.24) is 9.97 Å². The van der Waals surface area contributed by atoms with Crippen LogP contribution >= 0.6 is 15.9 Å². The highest BCUT2D eigenvalue weighted by atomic mass is 79.9. The molecule has 1 aromatic rings. The van der Waals surface area contributed by atoms with Crippen molar-refractivity contribution in [1.29, 1.82) is 0 Å². The molecule has 0 atom stereocenters. The maximum absolute atomic E-state index is 4.29. The van der Waals surface area contributed by atoms with E-state index in [1.54, 1.807) is 6.20 Å². The van der Waals surface area contributed by atoms with Crippen LogP contribution in [0.5, 0.6) is 0 Å². The number of nitrogens with zero attached hydrogens (tertiary/aromatic N) is 2. The Balaban J connectivity index is 2.86. The summed E-state index contributed by atoms with van der Waals surface area (Å²) >= 11 is 3.36. The van der Waals surface area contributed by atoms with E-state index in [0.29, 0.717) is 5.95 Å². The summed E-state index contributed by atoms with van der Waals surface area (Å²) in [5.41, 5.74) is 0.946. The molecule has 0 saturated carbocycles. The van der Waals surface area contributed by atoms with Gasteiger partial charge in [-0.25, -0.2) is 9.97 Å². The van der Waals surface area contributed by atoms with Crippen LogP contribution in [0.3, 0.4) is 0 Å². The van der Waals surface area contributed by atoms with Gasteiger partial charge in [0, 0.05) is 11.7 Å². The highest BCUT2D eigenvalue weighted by Gasteiger charge is 2.11. The first kappa shape index (κ1) is 10.4. The van der Waals surface area contributed by atoms with E-state index in [1.165, 1.54) is 0 Å². The topological polar surface area (TPSA) is 37.8 Å². The largest absolute Gasteiger partial charge is 0.350 e. The van der Waals surface area contributed by atoms with E-state index >= 15 is 0 Å². The summed E-state index contributed by atoms with van der Waals surface area (Å²) < 4.78 is 0.937. The van der Waals surface area contributed by atoms with Crippen molar-refractivity contribution in [2.45, 2.75) is 33.2 Å². The summed E-state index contributed by atoms with van der Waals surface area (Å²) in [6.07, 6.45) is 1.76. The van der Waals surface area contributed by atoms with Gasteiger partial charge < -0.3 is 5.32 Å². The fourth-order valence-electron chi connectivity index (χ4n) is 0.848. The Morgan fingerprint density at radius 3 is 2.46 bits per heavy atom. The lowest BCUT2D eigenvalue weighted by atomic mass is 10.1. The van der Waals surface area contributed by atoms with Gasteiger partial charge in [0.2, 0.25) is 5.95 Å². The van der Waals surface area contributed by atoms with Crippen LogP contribution in [0.15, 0.2) is 10.7 Å². The Labute approximate surface area is 87.1 Å². The zero-order valence-electron chi connectivity index (χ0n) is 8.35. The lowest BCUT2D eigenvalue weighted by Crippen LogP contribution is -2.27. The van der Waals surface area contributed by atoms with E-state index in [9.17, 15) is 0 Å². The standard InChI is InChI=1S/C9H14BrN3/c1-6-7(10)5-11-8(12-6)13-9(2,3)4/h5H,1-4H3,(H,11,12,13). The zero-order valence-corrected chi connectivity index (χ0v) is 9.94. The van der Waals surface area contributed by atoms with Crippen molar-refractivity contribution in [2.24, 2.45) is 0 Å². The van der Waals surface area contributed by atoms with Crippen LogP contribution in [-0.4, -0.2) is 15.5 Å². The Hall–Kier alpha value is -0.640. The third-order valence-electron chi connectivity index (χ3n) is 1.41. The first-order valence-corrected chi connectivity index (χ1v) is 4.95. The molecular weight excluding hydrogens is 230 g/mol. The average molecular weight is 244 g/mol. The smallest absolute Gasteiger partial charge is 0.223 e. The Kier molecular flexibility index (Phi) is 2.91. The number of anilines is 1. The van der Waals surface area contributed by atoms with Gasteiger partial charge in [0.25, 0.3) is 0 Å². The Morgan fingerprint density at radius 1 is 1.38 bits per heavy atom. The predicted octanol–water partition coefficient (Wildman–Crippen LogP) is 2.76. The summed E-state index contributed by atoms with van der Waals surface area (Å²) in [4.78, 5) is 8.44. The van der Waals surface area contributed by atoms with E-state index in [2.05, 4.69) is 52.0 Å². The molecule has 0 saturated heterocycles. The molecule has 0 aliphatic carbocycles. The molecule has 3 nitrogen and oxygen atoms in total. The number of aryl methyl sites for hydroxylation is 1. The molecule has 72 valence electrons. The lowest BCUT2D eigenvalue weighted by molar-refractivity contribution is 0.625. The number of hydrogen-bond acceptors (Lipinski definition) is 3. The second kappa shape index (κ2) is 3.62. The highest BCUT2D eigenvalue weighted by Crippen LogP contribution is 2.15. The van der Waals surface area contributed by atoms with Gasteiger partial charge >= 0.3 is 0 Å². The maximum atomic E-state index is 4.29. The average Bonchev–Trinajstić information content (AvgIpc) is 1.94. The molecule has 0 unspecified atom stereocenters. The minimum Gasteiger partial charge on any atom is -0.350 e. The molecule has 0 bridgehead atoms. The molecule has 0 spiro atoms. The Morgan fingerprint density at radius 2 is 2.00 bits per heavy atom. The summed E-state index contributed by atoms with van der Waals surface area (Å²) in [6, 6.07) is 0. The molecule has 1 heterocycles. The highest BCUT2D eigenvalue weighted by molar-refractivity contribution is 9.10. The van der Waals surface area contributed by atoms with E-state index in [4.69, 9.17) is 0 Å². The van der Waals surface area contributed by atoms with Crippen LogP contribution in [0.1, 0.15) is 26.5 Å². The fourth-order valence-corrected chi connectivity index (χ4v) is 1.04. The van der Waals surface area contributed by atoms with Crippen LogP contribution in [0, 0.1) is 6.92 Å². The van der Waals surface area contributed by atoms with Gasteiger partial charge in [-0.05, 0) is 43.6 Å². The molecule has 0 aliphatic heterocycles. The quantitative estimate of drug-likeness (QED) is 0.825. The van der Waals surface area contributed by atoms with Crippen molar-refractivity contribution < 1.29 is 0 Å². The maximum Gasteiger partial charge on any atom is 0.223 e. The number of halogens is 1. The molecule has 0 fully saturated rings. The van der Waals surface area contributed by atoms with Gasteiger partial charge in [0.1, 0.15) is 0 Å². The van der Waals surface area contributed by atoms with Crippen LogP contribution < -0.4 is 5.32 Å². The van der Waals surface area contributed by atoms with Crippen LogP contribution in [0.2, 0.25) is 0 Å². The zero-order chi connectivity index (χ0) is 10.1. The number of hydrogen-bond donors (Lipinski definition) is 1. The van der Waals surface area contributed by atoms with Crippen molar-refractivity contribution in [3.8, 4) is 0 Å². The monoisotopic (exact) mass is 243 g/mol. The fraction of sp³-hybridized carbons (Fsp3) is 0.556. The van der Waals surface area contributed by atoms with E-state index < -0.39 is 0 Å². The van der Waals surface area contributed by atoms with Gasteiger partial charge in [-0.15, -0.1) is 0 Å². The molecule has 13 heavy (non-hydrogen) atoms. The third-order valence-corrected chi connectivity index (χ3v) is 2.18. The first-order valence-electron chi connectivity index (χ1n) is 4.16.